The van der Waals surface area contributed by atoms with Gasteiger partial charge >= 0.3 is 0 Å². The molecule has 1 aromatic rings. The van der Waals surface area contributed by atoms with Gasteiger partial charge in [-0.05, 0) is 24.8 Å². The maximum absolute atomic E-state index is 6.06. The number of hydrogen-bond acceptors (Lipinski definition) is 1. The van der Waals surface area contributed by atoms with Crippen LogP contribution in [0.15, 0.2) is 6.07 Å². The van der Waals surface area contributed by atoms with Gasteiger partial charge in [-0.15, -0.1) is 0 Å². The summed E-state index contributed by atoms with van der Waals surface area (Å²) in [5.41, 5.74) is 1.11. The van der Waals surface area contributed by atoms with Gasteiger partial charge < -0.3 is 0 Å². The van der Waals surface area contributed by atoms with Gasteiger partial charge in [-0.2, -0.15) is 5.10 Å². The summed E-state index contributed by atoms with van der Waals surface area (Å²) in [5.74, 6) is 0.699. The van der Waals surface area contributed by atoms with E-state index in [1.54, 1.807) is 0 Å². The molecule has 0 saturated carbocycles. The van der Waals surface area contributed by atoms with E-state index >= 15 is 0 Å². The van der Waals surface area contributed by atoms with Crippen LogP contribution in [0.25, 0.3) is 0 Å². The second kappa shape index (κ2) is 5.40. The Labute approximate surface area is 91.3 Å². The highest BCUT2D eigenvalue weighted by atomic mass is 35.5. The van der Waals surface area contributed by atoms with E-state index < -0.39 is 0 Å². The topological polar surface area (TPSA) is 17.8 Å². The first kappa shape index (κ1) is 11.6. The van der Waals surface area contributed by atoms with Crippen LogP contribution in [0.4, 0.5) is 0 Å². The lowest BCUT2D eigenvalue weighted by molar-refractivity contribution is 0.484. The van der Waals surface area contributed by atoms with Gasteiger partial charge in [0.15, 0.2) is 0 Å². The monoisotopic (exact) mass is 214 g/mol. The highest BCUT2D eigenvalue weighted by Crippen LogP contribution is 2.14. The van der Waals surface area contributed by atoms with Gasteiger partial charge in [0.05, 0.1) is 5.69 Å². The van der Waals surface area contributed by atoms with Crippen molar-refractivity contribution >= 4 is 11.6 Å². The maximum atomic E-state index is 6.06. The van der Waals surface area contributed by atoms with Crippen molar-refractivity contribution in [2.24, 2.45) is 5.92 Å². The molecule has 0 bridgehead atoms. The van der Waals surface area contributed by atoms with E-state index in [2.05, 4.69) is 25.9 Å². The third-order valence-corrected chi connectivity index (χ3v) is 2.51. The number of halogens is 1. The van der Waals surface area contributed by atoms with Gasteiger partial charge in [0, 0.05) is 6.54 Å². The molecule has 0 atom stereocenters. The molecule has 0 aliphatic carbocycles. The summed E-state index contributed by atoms with van der Waals surface area (Å²) < 4.78 is 1.91. The third kappa shape index (κ3) is 3.33. The second-order valence-corrected chi connectivity index (χ2v) is 4.50. The normalized spacial score (nSPS) is 11.2. The first-order valence-corrected chi connectivity index (χ1v) is 5.73. The van der Waals surface area contributed by atoms with E-state index in [-0.39, 0.29) is 0 Å². The van der Waals surface area contributed by atoms with Crippen molar-refractivity contribution in [1.29, 1.82) is 0 Å². The number of aryl methyl sites for hydroxylation is 2. The molecule has 0 saturated heterocycles. The molecule has 0 spiro atoms. The molecule has 80 valence electrons. The minimum Gasteiger partial charge on any atom is -0.254 e. The van der Waals surface area contributed by atoms with Crippen LogP contribution >= 0.6 is 11.6 Å². The van der Waals surface area contributed by atoms with Crippen LogP contribution in [0, 0.1) is 5.92 Å². The molecule has 0 radical (unpaired) electrons. The first-order valence-electron chi connectivity index (χ1n) is 5.35. The largest absolute Gasteiger partial charge is 0.254 e. The van der Waals surface area contributed by atoms with Gasteiger partial charge in [-0.3, -0.25) is 4.68 Å². The highest BCUT2D eigenvalue weighted by molar-refractivity contribution is 6.29. The lowest BCUT2D eigenvalue weighted by atomic mass is 10.1. The molecule has 0 aliphatic rings. The fraction of sp³-hybridized carbons (Fsp3) is 0.727. The van der Waals surface area contributed by atoms with Crippen molar-refractivity contribution in [3.8, 4) is 0 Å². The molecule has 1 aromatic heterocycles. The van der Waals surface area contributed by atoms with Crippen molar-refractivity contribution < 1.29 is 0 Å². The Morgan fingerprint density at radius 2 is 2.21 bits per heavy atom. The van der Waals surface area contributed by atoms with Crippen LogP contribution in [0.5, 0.6) is 0 Å². The molecular weight excluding hydrogens is 196 g/mol. The number of aromatic nitrogens is 2. The lowest BCUT2D eigenvalue weighted by Crippen LogP contribution is -2.03. The molecule has 1 heterocycles. The van der Waals surface area contributed by atoms with E-state index in [9.17, 15) is 0 Å². The summed E-state index contributed by atoms with van der Waals surface area (Å²) in [4.78, 5) is 0. The van der Waals surface area contributed by atoms with E-state index in [1.165, 1.54) is 0 Å². The zero-order valence-electron chi connectivity index (χ0n) is 9.26. The van der Waals surface area contributed by atoms with Gasteiger partial charge in [-0.25, -0.2) is 0 Å². The van der Waals surface area contributed by atoms with Crippen molar-refractivity contribution in [3.63, 3.8) is 0 Å². The number of hydrogen-bond donors (Lipinski definition) is 0. The Kier molecular flexibility index (Phi) is 4.46. The fourth-order valence-corrected chi connectivity index (χ4v) is 1.61. The molecule has 14 heavy (non-hydrogen) atoms. The maximum Gasteiger partial charge on any atom is 0.127 e. The van der Waals surface area contributed by atoms with Gasteiger partial charge in [0.25, 0.3) is 0 Å². The van der Waals surface area contributed by atoms with Crippen LogP contribution < -0.4 is 0 Å². The smallest absolute Gasteiger partial charge is 0.127 e. The summed E-state index contributed by atoms with van der Waals surface area (Å²) in [6.07, 6.45) is 3.28. The van der Waals surface area contributed by atoms with Crippen LogP contribution in [-0.2, 0) is 13.0 Å². The molecule has 0 amide bonds. The molecule has 0 aromatic carbocycles. The molecule has 2 nitrogen and oxygen atoms in total. The standard InChI is InChI=1S/C11H19ClN2/c1-4-5-10-8-11(12)14(13-10)7-6-9(2)3/h8-9H,4-7H2,1-3H3. The SMILES string of the molecule is CCCc1cc(Cl)n(CCC(C)C)n1. The zero-order chi connectivity index (χ0) is 10.6. The average molecular weight is 215 g/mol. The highest BCUT2D eigenvalue weighted by Gasteiger charge is 2.05. The van der Waals surface area contributed by atoms with E-state index in [0.717, 1.165) is 36.7 Å². The minimum absolute atomic E-state index is 0.699. The quantitative estimate of drug-likeness (QED) is 0.733. The molecule has 1 rings (SSSR count). The number of nitrogens with zero attached hydrogens (tertiary/aromatic N) is 2. The zero-order valence-corrected chi connectivity index (χ0v) is 10.0. The van der Waals surface area contributed by atoms with E-state index in [4.69, 9.17) is 11.6 Å². The summed E-state index contributed by atoms with van der Waals surface area (Å²) in [7, 11) is 0. The lowest BCUT2D eigenvalue weighted by Gasteiger charge is -2.05. The van der Waals surface area contributed by atoms with Crippen LogP contribution in [-0.4, -0.2) is 9.78 Å². The van der Waals surface area contributed by atoms with Crippen molar-refractivity contribution in [1.82, 2.24) is 9.78 Å². The van der Waals surface area contributed by atoms with Gasteiger partial charge in [0.1, 0.15) is 5.15 Å². The van der Waals surface area contributed by atoms with Crippen molar-refractivity contribution in [2.75, 3.05) is 0 Å². The van der Waals surface area contributed by atoms with Crippen LogP contribution in [0.1, 0.15) is 39.3 Å². The fourth-order valence-electron chi connectivity index (χ4n) is 1.36. The van der Waals surface area contributed by atoms with E-state index in [1.807, 2.05) is 10.7 Å². The Bertz CT molecular complexity index is 279. The first-order chi connectivity index (χ1) is 6.63. The van der Waals surface area contributed by atoms with Crippen LogP contribution in [0.2, 0.25) is 5.15 Å². The summed E-state index contributed by atoms with van der Waals surface area (Å²) in [6, 6.07) is 1.98. The van der Waals surface area contributed by atoms with Gasteiger partial charge in [-0.1, -0.05) is 38.8 Å². The Hall–Kier alpha value is -0.500. The van der Waals surface area contributed by atoms with Crippen molar-refractivity contribution in [3.05, 3.63) is 16.9 Å². The Balaban J connectivity index is 2.58. The third-order valence-electron chi connectivity index (χ3n) is 2.21. The number of rotatable bonds is 5. The molecular formula is C11H19ClN2. The minimum atomic E-state index is 0.699. The molecule has 3 heteroatoms. The second-order valence-electron chi connectivity index (χ2n) is 4.11. The molecule has 0 fully saturated rings. The summed E-state index contributed by atoms with van der Waals surface area (Å²) >= 11 is 6.06. The Morgan fingerprint density at radius 3 is 2.79 bits per heavy atom. The van der Waals surface area contributed by atoms with Gasteiger partial charge in [0.2, 0.25) is 0 Å². The molecule has 0 unspecified atom stereocenters. The molecule has 0 aliphatic heterocycles. The molecule has 0 N–H and O–H groups in total. The predicted molar refractivity (Wildman–Crippen MR) is 60.7 cm³/mol. The predicted octanol–water partition coefficient (Wildman–Crippen LogP) is 3.54. The summed E-state index contributed by atoms with van der Waals surface area (Å²) in [6.45, 7) is 7.51. The van der Waals surface area contributed by atoms with Crippen LogP contribution in [0.3, 0.4) is 0 Å². The average Bonchev–Trinajstić information content (AvgIpc) is 2.44. The summed E-state index contributed by atoms with van der Waals surface area (Å²) in [5, 5.41) is 5.23. The van der Waals surface area contributed by atoms with E-state index in [0.29, 0.717) is 5.92 Å². The van der Waals surface area contributed by atoms with Crippen molar-refractivity contribution in [2.45, 2.75) is 46.6 Å². The Morgan fingerprint density at radius 1 is 1.50 bits per heavy atom.